The van der Waals surface area contributed by atoms with Crippen molar-refractivity contribution in [2.24, 2.45) is 5.92 Å². The molecule has 1 amide bonds. The number of carboxylic acid groups (broad SMARTS) is 1. The van der Waals surface area contributed by atoms with Gasteiger partial charge in [0.05, 0.1) is 12.5 Å². The first-order chi connectivity index (χ1) is 9.83. The van der Waals surface area contributed by atoms with Crippen LogP contribution in [-0.4, -0.2) is 23.0 Å². The Labute approximate surface area is 120 Å². The molecule has 0 aliphatic rings. The number of amides is 1. The number of carboxylic acids is 1. The molecule has 0 radical (unpaired) electrons. The molecule has 1 aromatic rings. The van der Waals surface area contributed by atoms with Gasteiger partial charge in [-0.3, -0.25) is 4.79 Å². The van der Waals surface area contributed by atoms with Gasteiger partial charge in [0.25, 0.3) is 0 Å². The molecule has 0 unspecified atom stereocenters. The maximum absolute atomic E-state index is 13.0. The average molecular weight is 296 g/mol. The number of nitrogens with zero attached hydrogens (tertiary/aromatic N) is 1. The lowest BCUT2D eigenvalue weighted by molar-refractivity contribution is -0.143. The van der Waals surface area contributed by atoms with Crippen LogP contribution >= 0.6 is 0 Å². The summed E-state index contributed by atoms with van der Waals surface area (Å²) in [5.41, 5.74) is 0.0991. The van der Waals surface area contributed by atoms with Gasteiger partial charge in [-0.1, -0.05) is 6.92 Å². The van der Waals surface area contributed by atoms with E-state index < -0.39 is 35.5 Å². The normalized spacial score (nSPS) is 13.0. The maximum Gasteiger partial charge on any atom is 0.326 e. The number of nitriles is 1. The first-order valence-electron chi connectivity index (χ1n) is 6.17. The fourth-order valence-corrected chi connectivity index (χ4v) is 1.83. The van der Waals surface area contributed by atoms with Crippen LogP contribution in [0.1, 0.15) is 18.9 Å². The molecule has 7 heteroatoms. The van der Waals surface area contributed by atoms with Crippen molar-refractivity contribution in [3.8, 4) is 6.07 Å². The third-order valence-electron chi connectivity index (χ3n) is 2.85. The van der Waals surface area contributed by atoms with Crippen LogP contribution in [0.15, 0.2) is 18.2 Å². The Morgan fingerprint density at radius 3 is 2.38 bits per heavy atom. The number of hydrogen-bond donors (Lipinski definition) is 2. The van der Waals surface area contributed by atoms with Crippen LogP contribution in [-0.2, 0) is 16.0 Å². The molecule has 2 N–H and O–H groups in total. The van der Waals surface area contributed by atoms with Crippen molar-refractivity contribution in [3.63, 3.8) is 0 Å². The average Bonchev–Trinajstić information content (AvgIpc) is 2.34. The second-order valence-corrected chi connectivity index (χ2v) is 4.68. The second-order valence-electron chi connectivity index (χ2n) is 4.68. The summed E-state index contributed by atoms with van der Waals surface area (Å²) in [5, 5.41) is 19.8. The van der Waals surface area contributed by atoms with Gasteiger partial charge >= 0.3 is 5.97 Å². The van der Waals surface area contributed by atoms with Crippen LogP contribution in [0.3, 0.4) is 0 Å². The van der Waals surface area contributed by atoms with Crippen molar-refractivity contribution < 1.29 is 23.5 Å². The molecule has 0 fully saturated rings. The Bertz CT molecular complexity index is 564. The molecule has 0 saturated heterocycles. The molecule has 0 heterocycles. The summed E-state index contributed by atoms with van der Waals surface area (Å²) in [6.07, 6.45) is -0.385. The molecular weight excluding hydrogens is 282 g/mol. The van der Waals surface area contributed by atoms with Crippen LogP contribution < -0.4 is 5.32 Å². The van der Waals surface area contributed by atoms with E-state index in [2.05, 4.69) is 5.32 Å². The molecule has 2 atom stereocenters. The SMILES string of the molecule is C[C@H](CC#N)[C@H](NC(=O)Cc1cc(F)cc(F)c1)C(=O)O. The van der Waals surface area contributed by atoms with E-state index in [4.69, 9.17) is 10.4 Å². The predicted octanol–water partition coefficient (Wildman–Crippen LogP) is 1.63. The fraction of sp³-hybridized carbons (Fsp3) is 0.357. The van der Waals surface area contributed by atoms with Crippen molar-refractivity contribution in [1.29, 1.82) is 5.26 Å². The summed E-state index contributed by atoms with van der Waals surface area (Å²) in [5.74, 6) is -4.16. The van der Waals surface area contributed by atoms with Crippen molar-refractivity contribution in [2.75, 3.05) is 0 Å². The monoisotopic (exact) mass is 296 g/mol. The van der Waals surface area contributed by atoms with E-state index in [0.29, 0.717) is 6.07 Å². The molecule has 5 nitrogen and oxygen atoms in total. The fourth-order valence-electron chi connectivity index (χ4n) is 1.83. The second kappa shape index (κ2) is 7.33. The molecule has 0 aliphatic heterocycles. The lowest BCUT2D eigenvalue weighted by Gasteiger charge is -2.19. The summed E-state index contributed by atoms with van der Waals surface area (Å²) < 4.78 is 26.0. The quantitative estimate of drug-likeness (QED) is 0.834. The lowest BCUT2D eigenvalue weighted by atomic mass is 9.98. The third kappa shape index (κ3) is 5.18. The van der Waals surface area contributed by atoms with Gasteiger partial charge in [-0.15, -0.1) is 0 Å². The van der Waals surface area contributed by atoms with Crippen LogP contribution in [0.5, 0.6) is 0 Å². The van der Waals surface area contributed by atoms with E-state index in [1.54, 1.807) is 0 Å². The number of halogens is 2. The zero-order valence-electron chi connectivity index (χ0n) is 11.3. The Hall–Kier alpha value is -2.49. The highest BCUT2D eigenvalue weighted by atomic mass is 19.1. The molecule has 0 spiro atoms. The summed E-state index contributed by atoms with van der Waals surface area (Å²) in [7, 11) is 0. The van der Waals surface area contributed by atoms with Crippen molar-refractivity contribution >= 4 is 11.9 Å². The molecular formula is C14H14F2N2O3. The van der Waals surface area contributed by atoms with E-state index in [1.807, 2.05) is 6.07 Å². The van der Waals surface area contributed by atoms with Gasteiger partial charge in [0, 0.05) is 18.4 Å². The van der Waals surface area contributed by atoms with Gasteiger partial charge in [-0.25, -0.2) is 13.6 Å². The minimum Gasteiger partial charge on any atom is -0.480 e. The van der Waals surface area contributed by atoms with Gasteiger partial charge in [-0.2, -0.15) is 5.26 Å². The number of hydrogen-bond acceptors (Lipinski definition) is 3. The van der Waals surface area contributed by atoms with Crippen molar-refractivity contribution in [2.45, 2.75) is 25.8 Å². The largest absolute Gasteiger partial charge is 0.480 e. The van der Waals surface area contributed by atoms with E-state index >= 15 is 0 Å². The Morgan fingerprint density at radius 2 is 1.90 bits per heavy atom. The third-order valence-corrected chi connectivity index (χ3v) is 2.85. The molecule has 1 rings (SSSR count). The van der Waals surface area contributed by atoms with Gasteiger partial charge in [0.2, 0.25) is 5.91 Å². The van der Waals surface area contributed by atoms with Crippen LogP contribution in [0.4, 0.5) is 8.78 Å². The number of benzene rings is 1. The van der Waals surface area contributed by atoms with Crippen molar-refractivity contribution in [1.82, 2.24) is 5.32 Å². The van der Waals surface area contributed by atoms with Crippen molar-refractivity contribution in [3.05, 3.63) is 35.4 Å². The summed E-state index contributed by atoms with van der Waals surface area (Å²) in [6, 6.07) is 3.27. The highest BCUT2D eigenvalue weighted by molar-refractivity contribution is 5.85. The first-order valence-corrected chi connectivity index (χ1v) is 6.17. The molecule has 0 saturated carbocycles. The van der Waals surface area contributed by atoms with Gasteiger partial charge in [-0.05, 0) is 17.7 Å². The van der Waals surface area contributed by atoms with E-state index in [1.165, 1.54) is 6.92 Å². The molecule has 1 aromatic carbocycles. The van der Waals surface area contributed by atoms with E-state index in [9.17, 15) is 18.4 Å². The van der Waals surface area contributed by atoms with Gasteiger partial charge < -0.3 is 10.4 Å². The topological polar surface area (TPSA) is 90.2 Å². The molecule has 0 bridgehead atoms. The summed E-state index contributed by atoms with van der Waals surface area (Å²) >= 11 is 0. The zero-order chi connectivity index (χ0) is 16.0. The number of aliphatic carboxylic acids is 1. The molecule has 0 aromatic heterocycles. The number of carbonyl (C=O) groups excluding carboxylic acids is 1. The zero-order valence-corrected chi connectivity index (χ0v) is 11.3. The van der Waals surface area contributed by atoms with Crippen LogP contribution in [0, 0.1) is 28.9 Å². The van der Waals surface area contributed by atoms with Crippen LogP contribution in [0.2, 0.25) is 0 Å². The first kappa shape index (κ1) is 16.6. The van der Waals surface area contributed by atoms with E-state index in [0.717, 1.165) is 12.1 Å². The Kier molecular flexibility index (Phi) is 5.79. The Morgan fingerprint density at radius 1 is 1.33 bits per heavy atom. The van der Waals surface area contributed by atoms with Crippen LogP contribution in [0.25, 0.3) is 0 Å². The Balaban J connectivity index is 2.74. The number of rotatable bonds is 6. The predicted molar refractivity (Wildman–Crippen MR) is 69.0 cm³/mol. The minimum absolute atomic E-state index is 0.0359. The highest BCUT2D eigenvalue weighted by Gasteiger charge is 2.26. The molecule has 21 heavy (non-hydrogen) atoms. The number of carbonyl (C=O) groups is 2. The minimum atomic E-state index is -1.27. The lowest BCUT2D eigenvalue weighted by Crippen LogP contribution is -2.45. The summed E-state index contributed by atoms with van der Waals surface area (Å²) in [6.45, 7) is 1.52. The smallest absolute Gasteiger partial charge is 0.326 e. The highest BCUT2D eigenvalue weighted by Crippen LogP contribution is 2.11. The number of nitrogens with one attached hydrogen (secondary N) is 1. The molecule has 0 aliphatic carbocycles. The maximum atomic E-state index is 13.0. The molecule has 112 valence electrons. The van der Waals surface area contributed by atoms with Gasteiger partial charge in [0.1, 0.15) is 17.7 Å². The van der Waals surface area contributed by atoms with E-state index in [-0.39, 0.29) is 18.4 Å². The van der Waals surface area contributed by atoms with Gasteiger partial charge in [0.15, 0.2) is 0 Å². The summed E-state index contributed by atoms with van der Waals surface area (Å²) in [4.78, 5) is 22.8. The standard InChI is InChI=1S/C14H14F2N2O3/c1-8(2-3-17)13(14(20)21)18-12(19)6-9-4-10(15)7-11(16)5-9/h4-5,7-8,13H,2,6H2,1H3,(H,18,19)(H,20,21)/t8-,13+/m1/s1.